The normalized spacial score (nSPS) is 23.2. The Morgan fingerprint density at radius 3 is 2.21 bits per heavy atom. The van der Waals surface area contributed by atoms with Gasteiger partial charge in [0.05, 0.1) is 5.56 Å². The van der Waals surface area contributed by atoms with Gasteiger partial charge in [0.15, 0.2) is 0 Å². The van der Waals surface area contributed by atoms with Crippen molar-refractivity contribution in [2.45, 2.75) is 12.7 Å². The van der Waals surface area contributed by atoms with Crippen molar-refractivity contribution in [3.63, 3.8) is 0 Å². The third-order valence-corrected chi connectivity index (χ3v) is 2.44. The first-order valence-corrected chi connectivity index (χ1v) is 5.39. The summed E-state index contributed by atoms with van der Waals surface area (Å²) in [4.78, 5) is 41.9. The molecule has 0 spiro atoms. The lowest BCUT2D eigenvalue weighted by Gasteiger charge is -2.14. The van der Waals surface area contributed by atoms with Gasteiger partial charge in [-0.1, -0.05) is 0 Å². The number of nitrogens with zero attached hydrogens (tertiary/aromatic N) is 2. The molecule has 0 radical (unpaired) electrons. The fourth-order valence-electron chi connectivity index (χ4n) is 1.41. The van der Waals surface area contributed by atoms with Crippen LogP contribution in [0.15, 0.2) is 24.3 Å². The Labute approximate surface area is 116 Å². The van der Waals surface area contributed by atoms with E-state index in [4.69, 9.17) is 5.48 Å². The van der Waals surface area contributed by atoms with E-state index in [0.29, 0.717) is 0 Å². The van der Waals surface area contributed by atoms with Crippen LogP contribution in [0, 0.1) is 0 Å². The predicted molar refractivity (Wildman–Crippen MR) is 67.3 cm³/mol. The molecule has 0 saturated carbocycles. The van der Waals surface area contributed by atoms with Gasteiger partial charge in [0.1, 0.15) is 0 Å². The average Bonchev–Trinajstić information content (AvgIpc) is 2.60. The number of anilines is 1. The number of rotatable bonds is 3. The fourth-order valence-corrected chi connectivity index (χ4v) is 1.41. The summed E-state index contributed by atoms with van der Waals surface area (Å²) >= 11 is 0. The molecule has 0 aromatic heterocycles. The van der Waals surface area contributed by atoms with Crippen LogP contribution in [0.4, 0.5) is 5.69 Å². The predicted octanol–water partition coefficient (Wildman–Crippen LogP) is 0.973. The van der Waals surface area contributed by atoms with Crippen LogP contribution in [0.1, 0.15) is 28.6 Å². The molecule has 1 heterocycles. The second-order valence-corrected chi connectivity index (χ2v) is 3.97. The zero-order valence-electron chi connectivity index (χ0n) is 14.3. The fraction of sp³-hybridized carbons (Fsp3) is 0.308. The van der Waals surface area contributed by atoms with Gasteiger partial charge in [0, 0.05) is 38.0 Å². The molecule has 1 saturated heterocycles. The summed E-state index contributed by atoms with van der Waals surface area (Å²) in [6.45, 7) is 0. The van der Waals surface area contributed by atoms with Crippen molar-refractivity contribution in [3.05, 3.63) is 29.8 Å². The second kappa shape index (κ2) is 5.09. The number of benzene rings is 1. The van der Waals surface area contributed by atoms with Gasteiger partial charge in [0.25, 0.3) is 11.8 Å². The molecule has 0 unspecified atom stereocenters. The number of hydrogen-bond acceptors (Lipinski definition) is 5. The Balaban J connectivity index is 2.21. The minimum absolute atomic E-state index is 0.0317. The summed E-state index contributed by atoms with van der Waals surface area (Å²) in [6, 6.07) is 6.05. The SMILES string of the molecule is [2H]C1([2H])C(=O)N(OC(=O)c2ccc(N(C)C)cc2)C(=O)C1([2H])[2H]. The summed E-state index contributed by atoms with van der Waals surface area (Å²) in [5, 5.41) is -0.151. The maximum Gasteiger partial charge on any atom is 0.363 e. The van der Waals surface area contributed by atoms with E-state index in [0.717, 1.165) is 5.69 Å². The number of hydrogen-bond donors (Lipinski definition) is 0. The molecule has 1 fully saturated rings. The van der Waals surface area contributed by atoms with Crippen LogP contribution in [0.3, 0.4) is 0 Å². The molecule has 1 aromatic rings. The molecule has 2 rings (SSSR count). The third-order valence-electron chi connectivity index (χ3n) is 2.44. The van der Waals surface area contributed by atoms with E-state index < -0.39 is 30.5 Å². The topological polar surface area (TPSA) is 66.9 Å². The summed E-state index contributed by atoms with van der Waals surface area (Å²) in [5.74, 6) is -4.16. The van der Waals surface area contributed by atoms with E-state index in [2.05, 4.69) is 4.84 Å². The highest BCUT2D eigenvalue weighted by atomic mass is 16.7. The van der Waals surface area contributed by atoms with Gasteiger partial charge in [-0.15, -0.1) is 5.06 Å². The molecule has 1 aromatic carbocycles. The first kappa shape index (κ1) is 8.68. The van der Waals surface area contributed by atoms with Crippen molar-refractivity contribution in [1.82, 2.24) is 5.06 Å². The van der Waals surface area contributed by atoms with Crippen LogP contribution in [0.5, 0.6) is 0 Å². The summed E-state index contributed by atoms with van der Waals surface area (Å²) in [7, 11) is 3.61. The summed E-state index contributed by atoms with van der Waals surface area (Å²) in [6.07, 6.45) is -6.20. The average molecular weight is 266 g/mol. The molecule has 0 N–H and O–H groups in total. The Morgan fingerprint density at radius 1 is 1.21 bits per heavy atom. The Bertz CT molecular complexity index is 647. The van der Waals surface area contributed by atoms with Crippen LogP contribution in [-0.4, -0.2) is 36.9 Å². The highest BCUT2D eigenvalue weighted by molar-refractivity contribution is 6.02. The summed E-state index contributed by atoms with van der Waals surface area (Å²) < 4.78 is 29.5. The van der Waals surface area contributed by atoms with Crippen molar-refractivity contribution < 1.29 is 24.7 Å². The van der Waals surface area contributed by atoms with Crippen LogP contribution < -0.4 is 4.90 Å². The molecule has 0 atom stereocenters. The standard InChI is InChI=1S/C13H14N2O4/c1-14(2)10-5-3-9(4-6-10)13(18)19-15-11(16)7-8-12(15)17/h3-6H,7-8H2,1-2H3/i7D2,8D2. The van der Waals surface area contributed by atoms with Gasteiger partial charge in [-0.3, -0.25) is 9.59 Å². The molecule has 19 heavy (non-hydrogen) atoms. The lowest BCUT2D eigenvalue weighted by Crippen LogP contribution is -2.32. The molecule has 6 heteroatoms. The van der Waals surface area contributed by atoms with E-state index in [1.165, 1.54) is 12.1 Å². The molecular formula is C13H14N2O4. The van der Waals surface area contributed by atoms with Crippen LogP contribution in [0.25, 0.3) is 0 Å². The van der Waals surface area contributed by atoms with Gasteiger partial charge >= 0.3 is 5.97 Å². The highest BCUT2D eigenvalue weighted by Gasteiger charge is 2.33. The van der Waals surface area contributed by atoms with Gasteiger partial charge in [-0.2, -0.15) is 0 Å². The number of carbonyl (C=O) groups excluding carboxylic acids is 3. The van der Waals surface area contributed by atoms with E-state index in [1.807, 2.05) is 0 Å². The smallest absolute Gasteiger partial charge is 0.363 e. The molecule has 100 valence electrons. The number of amides is 2. The van der Waals surface area contributed by atoms with E-state index >= 15 is 0 Å². The molecule has 1 aliphatic rings. The number of carbonyl (C=O) groups is 3. The highest BCUT2D eigenvalue weighted by Crippen LogP contribution is 2.16. The molecule has 1 aliphatic heterocycles. The third kappa shape index (κ3) is 2.73. The van der Waals surface area contributed by atoms with Gasteiger partial charge in [-0.25, -0.2) is 4.79 Å². The van der Waals surface area contributed by atoms with Crippen LogP contribution >= 0.6 is 0 Å². The Hall–Kier alpha value is -2.37. The maximum atomic E-state index is 12.0. The van der Waals surface area contributed by atoms with Crippen molar-refractivity contribution in [3.8, 4) is 0 Å². The van der Waals surface area contributed by atoms with Crippen LogP contribution in [0.2, 0.25) is 0 Å². The molecule has 2 amide bonds. The van der Waals surface area contributed by atoms with E-state index in [1.54, 1.807) is 31.1 Å². The van der Waals surface area contributed by atoms with Crippen molar-refractivity contribution in [1.29, 1.82) is 0 Å². The number of imide groups is 1. The first-order chi connectivity index (χ1) is 10.5. The zero-order valence-corrected chi connectivity index (χ0v) is 10.3. The minimum Gasteiger partial charge on any atom is -0.378 e. The van der Waals surface area contributed by atoms with Crippen molar-refractivity contribution in [2.24, 2.45) is 0 Å². The molecular weight excluding hydrogens is 248 g/mol. The maximum absolute atomic E-state index is 12.0. The minimum atomic E-state index is -3.10. The quantitative estimate of drug-likeness (QED) is 0.763. The van der Waals surface area contributed by atoms with Crippen molar-refractivity contribution >= 4 is 23.5 Å². The van der Waals surface area contributed by atoms with E-state index in [9.17, 15) is 14.4 Å². The van der Waals surface area contributed by atoms with Gasteiger partial charge in [0.2, 0.25) is 0 Å². The van der Waals surface area contributed by atoms with E-state index in [-0.39, 0.29) is 10.6 Å². The second-order valence-electron chi connectivity index (χ2n) is 3.97. The van der Waals surface area contributed by atoms with Gasteiger partial charge in [-0.05, 0) is 24.3 Å². The molecule has 0 aliphatic carbocycles. The Morgan fingerprint density at radius 2 is 1.74 bits per heavy atom. The van der Waals surface area contributed by atoms with Crippen molar-refractivity contribution in [2.75, 3.05) is 19.0 Å². The molecule has 0 bridgehead atoms. The number of hydroxylamine groups is 2. The summed E-state index contributed by atoms with van der Waals surface area (Å²) in [5.41, 5.74) is 0.840. The zero-order chi connectivity index (χ0) is 17.6. The Kier molecular flexibility index (Phi) is 2.33. The first-order valence-electron chi connectivity index (χ1n) is 7.39. The lowest BCUT2D eigenvalue weighted by atomic mass is 10.2. The van der Waals surface area contributed by atoms with Crippen LogP contribution in [-0.2, 0) is 14.4 Å². The largest absolute Gasteiger partial charge is 0.378 e. The monoisotopic (exact) mass is 266 g/mol. The lowest BCUT2D eigenvalue weighted by molar-refractivity contribution is -0.172. The molecule has 6 nitrogen and oxygen atoms in total. The van der Waals surface area contributed by atoms with Gasteiger partial charge < -0.3 is 9.74 Å².